The molecule has 0 aliphatic carbocycles. The number of carbonyl (C=O) groups excluding carboxylic acids is 4. The molecule has 4 aromatic rings. The molecule has 2 amide bonds. The molecule has 1 aromatic heterocycles. The quantitative estimate of drug-likeness (QED) is 0.265. The van der Waals surface area contributed by atoms with Crippen LogP contribution in [-0.4, -0.2) is 45.2 Å². The largest absolute Gasteiger partial charge is 0.459 e. The lowest BCUT2D eigenvalue weighted by Crippen LogP contribution is -2.54. The SMILES string of the molecule is CC(=O)n1cc([C@H]2[C@@H]3C(=O)N(c4ccccc4)C(=O)[C@H]3[C@@]3(C(=O)OCc4ccccc4)CCCN23)c2ccccc21. The maximum atomic E-state index is 14.3. The number of hydrogen-bond acceptors (Lipinski definition) is 6. The Morgan fingerprint density at radius 1 is 0.902 bits per heavy atom. The summed E-state index contributed by atoms with van der Waals surface area (Å²) in [4.78, 5) is 58.7. The Morgan fingerprint density at radius 3 is 2.32 bits per heavy atom. The van der Waals surface area contributed by atoms with E-state index in [9.17, 15) is 19.2 Å². The van der Waals surface area contributed by atoms with Gasteiger partial charge in [0.15, 0.2) is 0 Å². The number of amides is 2. The van der Waals surface area contributed by atoms with E-state index in [1.54, 1.807) is 35.0 Å². The van der Waals surface area contributed by atoms with Crippen LogP contribution < -0.4 is 4.90 Å². The van der Waals surface area contributed by atoms with Gasteiger partial charge in [-0.3, -0.25) is 28.6 Å². The highest BCUT2D eigenvalue weighted by atomic mass is 16.5. The summed E-state index contributed by atoms with van der Waals surface area (Å²) in [5.41, 5.74) is 1.53. The number of ether oxygens (including phenoxy) is 1. The van der Waals surface area contributed by atoms with Crippen LogP contribution in [-0.2, 0) is 25.7 Å². The first-order valence-corrected chi connectivity index (χ1v) is 13.9. The Hall–Kier alpha value is -4.56. The summed E-state index contributed by atoms with van der Waals surface area (Å²) in [6.45, 7) is 2.10. The number of aromatic nitrogens is 1. The van der Waals surface area contributed by atoms with Gasteiger partial charge >= 0.3 is 5.97 Å². The molecule has 0 spiro atoms. The average Bonchev–Trinajstić information content (AvgIpc) is 3.72. The number of carbonyl (C=O) groups is 4. The molecule has 3 aliphatic heterocycles. The van der Waals surface area contributed by atoms with Gasteiger partial charge in [0.25, 0.3) is 0 Å². The Bertz CT molecular complexity index is 1700. The van der Waals surface area contributed by atoms with E-state index in [0.717, 1.165) is 22.0 Å². The minimum atomic E-state index is -1.29. The van der Waals surface area contributed by atoms with Crippen LogP contribution in [0.5, 0.6) is 0 Å². The lowest BCUT2D eigenvalue weighted by molar-refractivity contribution is -0.161. The fraction of sp³-hybridized carbons (Fsp3) is 0.273. The fourth-order valence-electron chi connectivity index (χ4n) is 7.38. The second-order valence-electron chi connectivity index (χ2n) is 11.1. The highest BCUT2D eigenvalue weighted by Crippen LogP contribution is 2.60. The Balaban J connectivity index is 1.39. The van der Waals surface area contributed by atoms with Gasteiger partial charge in [0, 0.05) is 18.5 Å². The van der Waals surface area contributed by atoms with Gasteiger partial charge in [-0.2, -0.15) is 0 Å². The predicted octanol–water partition coefficient (Wildman–Crippen LogP) is 4.74. The zero-order chi connectivity index (χ0) is 28.3. The van der Waals surface area contributed by atoms with Crippen molar-refractivity contribution in [3.05, 3.63) is 102 Å². The summed E-state index contributed by atoms with van der Waals surface area (Å²) < 4.78 is 7.53. The number of fused-ring (bicyclic) bond motifs is 4. The molecule has 8 heteroatoms. The molecule has 3 aromatic carbocycles. The molecule has 0 unspecified atom stereocenters. The minimum absolute atomic E-state index is 0.0749. The Labute approximate surface area is 237 Å². The van der Waals surface area contributed by atoms with Crippen molar-refractivity contribution < 1.29 is 23.9 Å². The normalized spacial score (nSPS) is 25.5. The van der Waals surface area contributed by atoms with Crippen LogP contribution in [0.25, 0.3) is 10.9 Å². The van der Waals surface area contributed by atoms with Gasteiger partial charge in [-0.25, -0.2) is 4.90 Å². The first kappa shape index (κ1) is 25.4. The van der Waals surface area contributed by atoms with Crippen molar-refractivity contribution in [1.29, 1.82) is 0 Å². The fourth-order valence-corrected chi connectivity index (χ4v) is 7.38. The van der Waals surface area contributed by atoms with E-state index in [4.69, 9.17) is 4.74 Å². The van der Waals surface area contributed by atoms with Crippen molar-refractivity contribution in [2.24, 2.45) is 11.8 Å². The number of hydrogen-bond donors (Lipinski definition) is 0. The van der Waals surface area contributed by atoms with Gasteiger partial charge in [0.05, 0.1) is 29.1 Å². The number of para-hydroxylation sites is 2. The van der Waals surface area contributed by atoms with Crippen LogP contribution in [0.4, 0.5) is 5.69 Å². The lowest BCUT2D eigenvalue weighted by Gasteiger charge is -2.36. The number of imide groups is 1. The van der Waals surface area contributed by atoms with E-state index >= 15 is 0 Å². The summed E-state index contributed by atoms with van der Waals surface area (Å²) in [5.74, 6) is -3.07. The highest BCUT2D eigenvalue weighted by molar-refractivity contribution is 6.24. The molecule has 3 saturated heterocycles. The molecule has 0 N–H and O–H groups in total. The summed E-state index contributed by atoms with van der Waals surface area (Å²) in [5, 5.41) is 0.824. The number of benzene rings is 3. The van der Waals surface area contributed by atoms with Gasteiger partial charge in [-0.15, -0.1) is 0 Å². The Kier molecular flexibility index (Phi) is 5.90. The summed E-state index contributed by atoms with van der Waals surface area (Å²) in [7, 11) is 0. The molecule has 8 nitrogen and oxygen atoms in total. The first-order valence-electron chi connectivity index (χ1n) is 13.9. The van der Waals surface area contributed by atoms with Crippen molar-refractivity contribution in [2.45, 2.75) is 38.0 Å². The third kappa shape index (κ3) is 3.63. The maximum absolute atomic E-state index is 14.3. The molecule has 4 atom stereocenters. The van der Waals surface area contributed by atoms with Crippen molar-refractivity contribution in [1.82, 2.24) is 9.47 Å². The summed E-state index contributed by atoms with van der Waals surface area (Å²) in [6.07, 6.45) is 2.87. The lowest BCUT2D eigenvalue weighted by atomic mass is 9.77. The van der Waals surface area contributed by atoms with Gasteiger partial charge in [-0.1, -0.05) is 66.7 Å². The summed E-state index contributed by atoms with van der Waals surface area (Å²) >= 11 is 0. The van der Waals surface area contributed by atoms with Crippen molar-refractivity contribution in [3.63, 3.8) is 0 Å². The van der Waals surface area contributed by atoms with E-state index in [2.05, 4.69) is 0 Å². The number of anilines is 1. The van der Waals surface area contributed by atoms with Crippen LogP contribution in [0.2, 0.25) is 0 Å². The highest BCUT2D eigenvalue weighted by Gasteiger charge is 2.74. The monoisotopic (exact) mass is 547 g/mol. The third-order valence-electron chi connectivity index (χ3n) is 8.99. The number of esters is 1. The summed E-state index contributed by atoms with van der Waals surface area (Å²) in [6, 6.07) is 25.3. The maximum Gasteiger partial charge on any atom is 0.327 e. The van der Waals surface area contributed by atoms with E-state index in [1.165, 1.54) is 11.8 Å². The van der Waals surface area contributed by atoms with Gasteiger partial charge < -0.3 is 4.74 Å². The van der Waals surface area contributed by atoms with E-state index in [-0.39, 0.29) is 24.3 Å². The van der Waals surface area contributed by atoms with Crippen LogP contribution in [0.3, 0.4) is 0 Å². The topological polar surface area (TPSA) is 88.9 Å². The van der Waals surface area contributed by atoms with E-state index in [0.29, 0.717) is 25.1 Å². The van der Waals surface area contributed by atoms with Gasteiger partial charge in [0.1, 0.15) is 12.1 Å². The molecule has 0 bridgehead atoms. The van der Waals surface area contributed by atoms with E-state index < -0.39 is 29.4 Å². The van der Waals surface area contributed by atoms with Crippen LogP contribution >= 0.6 is 0 Å². The zero-order valence-electron chi connectivity index (χ0n) is 22.6. The molecular formula is C33H29N3O5. The molecule has 4 heterocycles. The second-order valence-corrected chi connectivity index (χ2v) is 11.1. The predicted molar refractivity (Wildman–Crippen MR) is 152 cm³/mol. The molecule has 3 aliphatic rings. The van der Waals surface area contributed by atoms with Crippen LogP contribution in [0.1, 0.15) is 41.7 Å². The van der Waals surface area contributed by atoms with Crippen molar-refractivity contribution in [2.75, 3.05) is 11.4 Å². The molecule has 0 saturated carbocycles. The smallest absolute Gasteiger partial charge is 0.327 e. The molecule has 7 rings (SSSR count). The minimum Gasteiger partial charge on any atom is -0.459 e. The van der Waals surface area contributed by atoms with Crippen LogP contribution in [0.15, 0.2) is 91.1 Å². The zero-order valence-corrected chi connectivity index (χ0v) is 22.6. The number of rotatable bonds is 5. The first-order chi connectivity index (χ1) is 19.9. The molecule has 0 radical (unpaired) electrons. The van der Waals surface area contributed by atoms with Gasteiger partial charge in [-0.05, 0) is 48.7 Å². The molecule has 206 valence electrons. The standard InChI is InChI=1S/C33H29N3O5/c1-21(37)34-19-25(24-15-8-9-16-26(24)34)29-27-28(31(39)36(30(27)38)23-13-6-3-7-14-23)33(17-10-18-35(29)33)32(40)41-20-22-11-4-2-5-12-22/h2-9,11-16,19,27-29H,10,17-18,20H2,1H3/t27-,28+,29+,33-/m1/s1. The van der Waals surface area contributed by atoms with Gasteiger partial charge in [0.2, 0.25) is 17.7 Å². The molecule has 3 fully saturated rings. The number of nitrogens with zero attached hydrogens (tertiary/aromatic N) is 3. The van der Waals surface area contributed by atoms with E-state index in [1.807, 2.05) is 65.6 Å². The second kappa shape index (κ2) is 9.52. The third-order valence-corrected chi connectivity index (χ3v) is 8.99. The van der Waals surface area contributed by atoms with Crippen molar-refractivity contribution in [3.8, 4) is 0 Å². The van der Waals surface area contributed by atoms with Crippen LogP contribution in [0, 0.1) is 11.8 Å². The Morgan fingerprint density at radius 2 is 1.59 bits per heavy atom. The van der Waals surface area contributed by atoms with Crippen molar-refractivity contribution >= 4 is 40.3 Å². The molecule has 41 heavy (non-hydrogen) atoms. The molecular weight excluding hydrogens is 518 g/mol. The average molecular weight is 548 g/mol.